The van der Waals surface area contributed by atoms with E-state index in [2.05, 4.69) is 15.9 Å². The monoisotopic (exact) mass is 533 g/mol. The van der Waals surface area contributed by atoms with Crippen molar-refractivity contribution >= 4 is 45.0 Å². The summed E-state index contributed by atoms with van der Waals surface area (Å²) in [5, 5.41) is 11.2. The summed E-state index contributed by atoms with van der Waals surface area (Å²) in [7, 11) is 0. The molecule has 0 spiro atoms. The number of nitrogens with zero attached hydrogens (tertiary/aromatic N) is 1. The van der Waals surface area contributed by atoms with Crippen LogP contribution in [0.5, 0.6) is 0 Å². The summed E-state index contributed by atoms with van der Waals surface area (Å²) in [5.74, 6) is -2.25. The highest BCUT2D eigenvalue weighted by Gasteiger charge is 2.47. The van der Waals surface area contributed by atoms with Crippen molar-refractivity contribution < 1.29 is 24.2 Å². The molecule has 1 atom stereocenters. The van der Waals surface area contributed by atoms with Crippen LogP contribution >= 0.6 is 15.9 Å². The minimum Gasteiger partial charge on any atom is -0.507 e. The maximum absolute atomic E-state index is 13.3. The topological polar surface area (TPSA) is 83.9 Å². The number of esters is 1. The van der Waals surface area contributed by atoms with Gasteiger partial charge in [-0.15, -0.1) is 0 Å². The first kappa shape index (κ1) is 24.4. The summed E-state index contributed by atoms with van der Waals surface area (Å²) >= 11 is 3.44. The fourth-order valence-corrected chi connectivity index (χ4v) is 4.28. The number of carbonyl (C=O) groups is 3. The third-order valence-corrected chi connectivity index (χ3v) is 6.60. The predicted octanol–water partition coefficient (Wildman–Crippen LogP) is 5.95. The molecule has 178 valence electrons. The molecule has 35 heavy (non-hydrogen) atoms. The molecule has 0 aromatic heterocycles. The second-order valence-corrected chi connectivity index (χ2v) is 9.40. The molecule has 7 heteroatoms. The van der Waals surface area contributed by atoms with Crippen LogP contribution in [0, 0.1) is 6.92 Å². The average molecular weight is 534 g/mol. The molecule has 1 aliphatic heterocycles. The number of carbonyl (C=O) groups excluding carboxylic acids is 3. The summed E-state index contributed by atoms with van der Waals surface area (Å²) in [5.41, 5.74) is 2.75. The predicted molar refractivity (Wildman–Crippen MR) is 137 cm³/mol. The lowest BCUT2D eigenvalue weighted by Crippen LogP contribution is -2.29. The van der Waals surface area contributed by atoms with Crippen LogP contribution in [-0.2, 0) is 14.3 Å². The number of aryl methyl sites for hydroxylation is 1. The second-order valence-electron chi connectivity index (χ2n) is 8.54. The minimum absolute atomic E-state index is 0.00576. The van der Waals surface area contributed by atoms with Gasteiger partial charge in [-0.05, 0) is 68.3 Å². The van der Waals surface area contributed by atoms with Gasteiger partial charge in [-0.3, -0.25) is 14.5 Å². The fraction of sp³-hybridized carbons (Fsp3) is 0.179. The number of aliphatic hydroxyl groups is 1. The van der Waals surface area contributed by atoms with E-state index in [9.17, 15) is 19.5 Å². The van der Waals surface area contributed by atoms with Crippen molar-refractivity contribution in [2.75, 3.05) is 4.90 Å². The smallest absolute Gasteiger partial charge is 0.338 e. The molecular weight excluding hydrogens is 510 g/mol. The summed E-state index contributed by atoms with van der Waals surface area (Å²) < 4.78 is 6.09. The zero-order chi connectivity index (χ0) is 25.3. The quantitative estimate of drug-likeness (QED) is 0.189. The summed E-state index contributed by atoms with van der Waals surface area (Å²) in [6, 6.07) is 19.8. The Morgan fingerprint density at radius 3 is 2.20 bits per heavy atom. The molecule has 1 aliphatic rings. The van der Waals surface area contributed by atoms with Crippen LogP contribution in [0.25, 0.3) is 5.76 Å². The van der Waals surface area contributed by atoms with E-state index >= 15 is 0 Å². The normalized spacial score (nSPS) is 17.2. The van der Waals surface area contributed by atoms with E-state index in [0.29, 0.717) is 22.4 Å². The maximum atomic E-state index is 13.3. The molecule has 1 saturated heterocycles. The van der Waals surface area contributed by atoms with E-state index in [1.807, 2.05) is 25.1 Å². The fourth-order valence-electron chi connectivity index (χ4n) is 4.04. The Kier molecular flexibility index (Phi) is 6.89. The molecule has 0 radical (unpaired) electrons. The van der Waals surface area contributed by atoms with E-state index in [0.717, 1.165) is 10.0 Å². The SMILES string of the molecule is Cc1cc(/C(O)=C2/C(=O)C(=O)N(c3ccc(C(=O)OC(C)C)cc3)C2c2ccccc2)ccc1Br. The van der Waals surface area contributed by atoms with Crippen LogP contribution in [0.3, 0.4) is 0 Å². The third-order valence-electron chi connectivity index (χ3n) is 5.72. The van der Waals surface area contributed by atoms with Crippen molar-refractivity contribution in [3.8, 4) is 0 Å². The molecule has 3 aromatic rings. The number of rotatable bonds is 5. The molecule has 0 bridgehead atoms. The molecule has 1 N–H and O–H groups in total. The zero-order valence-electron chi connectivity index (χ0n) is 19.5. The summed E-state index contributed by atoms with van der Waals surface area (Å²) in [6.07, 6.45) is -0.264. The van der Waals surface area contributed by atoms with Crippen molar-refractivity contribution in [2.24, 2.45) is 0 Å². The van der Waals surface area contributed by atoms with Gasteiger partial charge >= 0.3 is 5.97 Å². The molecule has 1 unspecified atom stereocenters. The van der Waals surface area contributed by atoms with E-state index in [1.165, 1.54) is 4.90 Å². The lowest BCUT2D eigenvalue weighted by atomic mass is 9.94. The number of anilines is 1. The molecule has 1 heterocycles. The van der Waals surface area contributed by atoms with Gasteiger partial charge in [0.15, 0.2) is 0 Å². The standard InChI is InChI=1S/C28H24BrNO5/c1-16(2)35-28(34)19-9-12-21(13-10-19)30-24(18-7-5-4-6-8-18)23(26(32)27(30)33)25(31)20-11-14-22(29)17(3)15-20/h4-16,24,31H,1-3H3/b25-23-. The molecule has 3 aromatic carbocycles. The summed E-state index contributed by atoms with van der Waals surface area (Å²) in [4.78, 5) is 40.1. The van der Waals surface area contributed by atoms with E-state index < -0.39 is 23.7 Å². The first-order valence-electron chi connectivity index (χ1n) is 11.1. The van der Waals surface area contributed by atoms with Crippen LogP contribution < -0.4 is 4.90 Å². The van der Waals surface area contributed by atoms with Crippen LogP contribution in [0.15, 0.2) is 82.8 Å². The second kappa shape index (κ2) is 9.88. The van der Waals surface area contributed by atoms with Gasteiger partial charge in [0.2, 0.25) is 0 Å². The lowest BCUT2D eigenvalue weighted by molar-refractivity contribution is -0.132. The summed E-state index contributed by atoms with van der Waals surface area (Å²) in [6.45, 7) is 5.40. The van der Waals surface area contributed by atoms with Gasteiger partial charge in [-0.1, -0.05) is 52.3 Å². The highest BCUT2D eigenvalue weighted by Crippen LogP contribution is 2.42. The van der Waals surface area contributed by atoms with Gasteiger partial charge in [0.25, 0.3) is 11.7 Å². The largest absolute Gasteiger partial charge is 0.507 e. The van der Waals surface area contributed by atoms with Crippen molar-refractivity contribution in [1.29, 1.82) is 0 Å². The first-order chi connectivity index (χ1) is 16.7. The Morgan fingerprint density at radius 1 is 0.971 bits per heavy atom. The van der Waals surface area contributed by atoms with Gasteiger partial charge in [0, 0.05) is 15.7 Å². The Morgan fingerprint density at radius 2 is 1.60 bits per heavy atom. The van der Waals surface area contributed by atoms with Gasteiger partial charge < -0.3 is 9.84 Å². The van der Waals surface area contributed by atoms with Crippen molar-refractivity contribution in [3.63, 3.8) is 0 Å². The Labute approximate surface area is 212 Å². The number of hydrogen-bond acceptors (Lipinski definition) is 5. The van der Waals surface area contributed by atoms with Crippen molar-refractivity contribution in [3.05, 3.63) is 105 Å². The molecule has 1 fully saturated rings. The third kappa shape index (κ3) is 4.77. The Balaban J connectivity index is 1.83. The van der Waals surface area contributed by atoms with Gasteiger partial charge in [-0.2, -0.15) is 0 Å². The van der Waals surface area contributed by atoms with Crippen molar-refractivity contribution in [2.45, 2.75) is 32.9 Å². The molecule has 1 amide bonds. The average Bonchev–Trinajstić information content (AvgIpc) is 3.11. The van der Waals surface area contributed by atoms with E-state index in [4.69, 9.17) is 4.74 Å². The molecule has 6 nitrogen and oxygen atoms in total. The van der Waals surface area contributed by atoms with E-state index in [1.54, 1.807) is 68.4 Å². The molecular formula is C28H24BrNO5. The van der Waals surface area contributed by atoms with Crippen molar-refractivity contribution in [1.82, 2.24) is 0 Å². The van der Waals surface area contributed by atoms with Crippen LogP contribution in [-0.4, -0.2) is 28.9 Å². The molecule has 0 saturated carbocycles. The lowest BCUT2D eigenvalue weighted by Gasteiger charge is -2.25. The van der Waals surface area contributed by atoms with Gasteiger partial charge in [0.05, 0.1) is 23.3 Å². The number of ketones is 1. The Hall–Kier alpha value is -3.71. The highest BCUT2D eigenvalue weighted by molar-refractivity contribution is 9.10. The highest BCUT2D eigenvalue weighted by atomic mass is 79.9. The maximum Gasteiger partial charge on any atom is 0.338 e. The van der Waals surface area contributed by atoms with Gasteiger partial charge in [-0.25, -0.2) is 4.79 Å². The number of amides is 1. The molecule has 4 rings (SSSR count). The number of aliphatic hydroxyl groups excluding tert-OH is 1. The van der Waals surface area contributed by atoms with E-state index in [-0.39, 0.29) is 17.4 Å². The van der Waals surface area contributed by atoms with Gasteiger partial charge in [0.1, 0.15) is 5.76 Å². The number of halogens is 1. The van der Waals surface area contributed by atoms with Crippen LogP contribution in [0.4, 0.5) is 5.69 Å². The number of Topliss-reactive ketones (excluding diaryl/α,β-unsaturated/α-hetero) is 1. The first-order valence-corrected chi connectivity index (χ1v) is 11.9. The number of ether oxygens (including phenoxy) is 1. The number of hydrogen-bond donors (Lipinski definition) is 1. The van der Waals surface area contributed by atoms with Crippen LogP contribution in [0.2, 0.25) is 0 Å². The Bertz CT molecular complexity index is 1330. The minimum atomic E-state index is -0.839. The zero-order valence-corrected chi connectivity index (χ0v) is 21.1. The molecule has 0 aliphatic carbocycles. The number of benzene rings is 3. The van der Waals surface area contributed by atoms with Crippen LogP contribution in [0.1, 0.15) is 46.9 Å².